The van der Waals surface area contributed by atoms with E-state index >= 15 is 0 Å². The number of hydrogen-bond donors (Lipinski definition) is 2. The summed E-state index contributed by atoms with van der Waals surface area (Å²) < 4.78 is 0. The molecule has 9 atom stereocenters. The lowest BCUT2D eigenvalue weighted by Gasteiger charge is -2.70. The van der Waals surface area contributed by atoms with E-state index in [1.807, 2.05) is 30.3 Å². The van der Waals surface area contributed by atoms with Crippen LogP contribution in [-0.2, 0) is 25.8 Å². The predicted octanol–water partition coefficient (Wildman–Crippen LogP) is 7.72. The van der Waals surface area contributed by atoms with Crippen LogP contribution < -0.4 is 10.8 Å². The summed E-state index contributed by atoms with van der Waals surface area (Å²) in [4.78, 5) is 46.2. The lowest BCUT2D eigenvalue weighted by atomic mass is 9.33. The molecule has 4 fully saturated rings. The van der Waals surface area contributed by atoms with Crippen LogP contribution in [-0.4, -0.2) is 23.6 Å². The zero-order valence-electron chi connectivity index (χ0n) is 29.0. The van der Waals surface area contributed by atoms with Gasteiger partial charge in [0.05, 0.1) is 6.61 Å². The van der Waals surface area contributed by atoms with Crippen LogP contribution in [0.25, 0.3) is 0 Å². The Bertz CT molecular complexity index is 1400. The van der Waals surface area contributed by atoms with Crippen LogP contribution in [0.15, 0.2) is 42.0 Å². The molecule has 5 aliphatic carbocycles. The van der Waals surface area contributed by atoms with Gasteiger partial charge in [0.2, 0.25) is 11.8 Å². The number of fused-ring (bicyclic) bond motifs is 7. The molecule has 6 heteroatoms. The summed E-state index contributed by atoms with van der Waals surface area (Å²) in [5, 5.41) is 3.26. The largest absolute Gasteiger partial charge is 0.353 e. The van der Waals surface area contributed by atoms with Gasteiger partial charge in [-0.15, -0.1) is 0 Å². The summed E-state index contributed by atoms with van der Waals surface area (Å²) in [5.41, 5.74) is 4.21. The van der Waals surface area contributed by atoms with E-state index in [0.29, 0.717) is 18.3 Å². The maximum absolute atomic E-state index is 14.7. The van der Waals surface area contributed by atoms with Crippen LogP contribution in [0.2, 0.25) is 0 Å². The quantitative estimate of drug-likeness (QED) is 0.332. The van der Waals surface area contributed by atoms with E-state index in [4.69, 9.17) is 4.84 Å². The third-order valence-electron chi connectivity index (χ3n) is 14.8. The van der Waals surface area contributed by atoms with Crippen molar-refractivity contribution in [3.63, 3.8) is 0 Å². The van der Waals surface area contributed by atoms with Crippen LogP contribution in [0.4, 0.5) is 0 Å². The van der Waals surface area contributed by atoms with Gasteiger partial charge in [-0.3, -0.25) is 19.2 Å². The Hall–Kier alpha value is -2.47. The van der Waals surface area contributed by atoms with E-state index in [0.717, 1.165) is 63.4 Å². The van der Waals surface area contributed by atoms with Crippen molar-refractivity contribution >= 4 is 17.6 Å². The number of ketones is 1. The Morgan fingerprint density at radius 2 is 1.58 bits per heavy atom. The second-order valence-corrected chi connectivity index (χ2v) is 17.6. The highest BCUT2D eigenvalue weighted by molar-refractivity contribution is 5.95. The van der Waals surface area contributed by atoms with E-state index in [1.165, 1.54) is 5.57 Å². The Morgan fingerprint density at radius 1 is 0.889 bits per heavy atom. The van der Waals surface area contributed by atoms with Gasteiger partial charge in [0.1, 0.15) is 0 Å². The van der Waals surface area contributed by atoms with Crippen molar-refractivity contribution in [3.05, 3.63) is 47.5 Å². The van der Waals surface area contributed by atoms with E-state index in [9.17, 15) is 14.4 Å². The van der Waals surface area contributed by atoms with Crippen molar-refractivity contribution in [2.24, 2.45) is 50.2 Å². The SMILES string of the molecule is CC(=O)NC1CCC2(C)C(CCC3(C)C2C(=O)C=C2C4CC(C)(C(=O)NOCc5ccccc5)CCC4(C)CCC23C)C1(C)C. The molecule has 0 saturated heterocycles. The number of carbonyl (C=O) groups excluding carboxylic acids is 3. The molecule has 0 radical (unpaired) electrons. The minimum absolute atomic E-state index is 0.0346. The molecule has 1 aromatic carbocycles. The summed E-state index contributed by atoms with van der Waals surface area (Å²) in [7, 11) is 0. The van der Waals surface area contributed by atoms with Crippen LogP contribution in [0.5, 0.6) is 0 Å². The third kappa shape index (κ3) is 4.86. The average Bonchev–Trinajstić information content (AvgIpc) is 2.97. The molecule has 6 nitrogen and oxygen atoms in total. The number of carbonyl (C=O) groups is 3. The fourth-order valence-corrected chi connectivity index (χ4v) is 11.8. The van der Waals surface area contributed by atoms with Gasteiger partial charge in [-0.1, -0.05) is 84.4 Å². The van der Waals surface area contributed by atoms with Crippen molar-refractivity contribution in [2.45, 2.75) is 126 Å². The number of nitrogens with one attached hydrogen (secondary N) is 2. The summed E-state index contributed by atoms with van der Waals surface area (Å²) in [6, 6.07) is 10.0. The van der Waals surface area contributed by atoms with E-state index in [2.05, 4.69) is 65.3 Å². The van der Waals surface area contributed by atoms with Crippen molar-refractivity contribution in [2.75, 3.05) is 0 Å². The summed E-state index contributed by atoms with van der Waals surface area (Å²) in [6.07, 6.45) is 10.8. The van der Waals surface area contributed by atoms with Crippen LogP contribution in [0.3, 0.4) is 0 Å². The molecule has 4 saturated carbocycles. The smallest absolute Gasteiger partial charge is 0.249 e. The molecule has 6 rings (SSSR count). The molecule has 0 aromatic heterocycles. The van der Waals surface area contributed by atoms with Gasteiger partial charge in [-0.05, 0) is 108 Å². The van der Waals surface area contributed by atoms with Gasteiger partial charge < -0.3 is 5.32 Å². The number of hydrogen-bond acceptors (Lipinski definition) is 4. The van der Waals surface area contributed by atoms with Gasteiger partial charge in [-0.2, -0.15) is 0 Å². The lowest BCUT2D eigenvalue weighted by molar-refractivity contribution is -0.189. The number of allylic oxidation sites excluding steroid dienone is 2. The number of rotatable bonds is 5. The molecular weight excluding hydrogens is 560 g/mol. The Labute approximate surface area is 270 Å². The normalized spacial score (nSPS) is 43.5. The predicted molar refractivity (Wildman–Crippen MR) is 176 cm³/mol. The van der Waals surface area contributed by atoms with Gasteiger partial charge in [-0.25, -0.2) is 5.48 Å². The molecule has 0 spiro atoms. The molecule has 45 heavy (non-hydrogen) atoms. The molecule has 5 aliphatic rings. The molecule has 0 heterocycles. The van der Waals surface area contributed by atoms with E-state index < -0.39 is 5.41 Å². The van der Waals surface area contributed by atoms with Crippen molar-refractivity contribution in [1.82, 2.24) is 10.8 Å². The first kappa shape index (κ1) is 32.5. The molecule has 246 valence electrons. The van der Waals surface area contributed by atoms with Gasteiger partial charge in [0.15, 0.2) is 5.78 Å². The molecule has 1 aromatic rings. The Balaban J connectivity index is 1.29. The Morgan fingerprint density at radius 3 is 2.27 bits per heavy atom. The van der Waals surface area contributed by atoms with Crippen molar-refractivity contribution < 1.29 is 19.2 Å². The number of amides is 2. The highest BCUT2D eigenvalue weighted by Crippen LogP contribution is 2.75. The monoisotopic (exact) mass is 616 g/mol. The van der Waals surface area contributed by atoms with Gasteiger partial charge in [0.25, 0.3) is 0 Å². The van der Waals surface area contributed by atoms with Gasteiger partial charge >= 0.3 is 0 Å². The Kier molecular flexibility index (Phi) is 7.78. The topological polar surface area (TPSA) is 84.5 Å². The maximum atomic E-state index is 14.7. The second-order valence-electron chi connectivity index (χ2n) is 17.6. The lowest BCUT2D eigenvalue weighted by Crippen LogP contribution is -2.67. The standard InChI is InChI=1S/C39H56N2O4/c1-25(42)40-31-15-16-37(6)30(34(31,2)3)14-17-39(8)32(37)29(43)22-27-28-23-36(5,19-18-35(28,4)20-21-38(27,39)7)33(44)41-45-24-26-12-10-9-11-13-26/h9-13,22,28,30-32H,14-21,23-24H2,1-8H3,(H,40,42)(H,41,44). The van der Waals surface area contributed by atoms with Gasteiger partial charge in [0, 0.05) is 24.3 Å². The molecular formula is C39H56N2O4. The maximum Gasteiger partial charge on any atom is 0.249 e. The molecule has 9 unspecified atom stereocenters. The molecule has 0 bridgehead atoms. The first-order valence-corrected chi connectivity index (χ1v) is 17.5. The number of benzene rings is 1. The minimum atomic E-state index is -0.559. The zero-order chi connectivity index (χ0) is 32.6. The van der Waals surface area contributed by atoms with Crippen LogP contribution >= 0.6 is 0 Å². The third-order valence-corrected chi connectivity index (χ3v) is 14.8. The average molecular weight is 617 g/mol. The zero-order valence-corrected chi connectivity index (χ0v) is 29.0. The second kappa shape index (κ2) is 10.8. The first-order chi connectivity index (χ1) is 21.0. The summed E-state index contributed by atoms with van der Waals surface area (Å²) >= 11 is 0. The summed E-state index contributed by atoms with van der Waals surface area (Å²) in [5.74, 6) is 0.803. The fraction of sp³-hybridized carbons (Fsp3) is 0.718. The van der Waals surface area contributed by atoms with Crippen LogP contribution in [0.1, 0.15) is 119 Å². The summed E-state index contributed by atoms with van der Waals surface area (Å²) in [6.45, 7) is 18.4. The molecule has 0 aliphatic heterocycles. The minimum Gasteiger partial charge on any atom is -0.353 e. The first-order valence-electron chi connectivity index (χ1n) is 17.5. The highest BCUT2D eigenvalue weighted by Gasteiger charge is 2.70. The van der Waals surface area contributed by atoms with E-state index in [-0.39, 0.29) is 56.8 Å². The highest BCUT2D eigenvalue weighted by atomic mass is 16.6. The number of hydroxylamine groups is 1. The van der Waals surface area contributed by atoms with Crippen LogP contribution in [0, 0.1) is 50.2 Å². The molecule has 2 amide bonds. The fourth-order valence-electron chi connectivity index (χ4n) is 11.8. The van der Waals surface area contributed by atoms with Crippen molar-refractivity contribution in [1.29, 1.82) is 0 Å². The molecule has 2 N–H and O–H groups in total. The van der Waals surface area contributed by atoms with Crippen molar-refractivity contribution in [3.8, 4) is 0 Å². The van der Waals surface area contributed by atoms with E-state index in [1.54, 1.807) is 6.92 Å².